The lowest BCUT2D eigenvalue weighted by Gasteiger charge is -2.40. The van der Waals surface area contributed by atoms with E-state index >= 15 is 0 Å². The Labute approximate surface area is 119 Å². The fourth-order valence-electron chi connectivity index (χ4n) is 2.70. The van der Waals surface area contributed by atoms with Crippen LogP contribution in [0.3, 0.4) is 0 Å². The van der Waals surface area contributed by atoms with Gasteiger partial charge >= 0.3 is 6.03 Å². The minimum absolute atomic E-state index is 0.0951. The average molecular weight is 306 g/mol. The number of amides is 2. The summed E-state index contributed by atoms with van der Waals surface area (Å²) in [5.41, 5.74) is 0. The molecule has 0 bridgehead atoms. The van der Waals surface area contributed by atoms with Crippen molar-refractivity contribution in [3.63, 3.8) is 0 Å². The number of rotatable bonds is 1. The van der Waals surface area contributed by atoms with Crippen LogP contribution in [0.1, 0.15) is 19.8 Å². The minimum atomic E-state index is -3.21. The van der Waals surface area contributed by atoms with Gasteiger partial charge in [-0.2, -0.15) is 11.8 Å². The van der Waals surface area contributed by atoms with E-state index < -0.39 is 15.2 Å². The van der Waals surface area contributed by atoms with Crippen molar-refractivity contribution in [1.82, 2.24) is 9.80 Å². The van der Waals surface area contributed by atoms with Gasteiger partial charge in [-0.3, -0.25) is 0 Å². The van der Waals surface area contributed by atoms with Crippen molar-refractivity contribution in [2.24, 2.45) is 5.92 Å². The van der Waals surface area contributed by atoms with Gasteiger partial charge in [-0.25, -0.2) is 13.2 Å². The summed E-state index contributed by atoms with van der Waals surface area (Å²) in [6.07, 6.45) is 3.39. The van der Waals surface area contributed by atoms with Crippen molar-refractivity contribution in [1.29, 1.82) is 0 Å². The lowest BCUT2D eigenvalue weighted by molar-refractivity contribution is 0.130. The summed E-state index contributed by atoms with van der Waals surface area (Å²) in [5, 5.41) is -0.656. The molecule has 110 valence electrons. The summed E-state index contributed by atoms with van der Waals surface area (Å²) in [6.45, 7) is 4.17. The van der Waals surface area contributed by atoms with Gasteiger partial charge in [0.2, 0.25) is 0 Å². The third kappa shape index (κ3) is 3.56. The van der Waals surface area contributed by atoms with Gasteiger partial charge in [0.15, 0.2) is 9.84 Å². The van der Waals surface area contributed by atoms with Gasteiger partial charge in [0.05, 0.1) is 0 Å². The molecule has 7 heteroatoms. The van der Waals surface area contributed by atoms with Gasteiger partial charge in [0.1, 0.15) is 5.37 Å². The van der Waals surface area contributed by atoms with E-state index in [0.717, 1.165) is 31.7 Å². The fourth-order valence-corrected chi connectivity index (χ4v) is 5.51. The van der Waals surface area contributed by atoms with Crippen LogP contribution in [0.4, 0.5) is 4.79 Å². The second-order valence-electron chi connectivity index (χ2n) is 5.53. The number of likely N-dealkylation sites (tertiary alicyclic amines) is 1. The largest absolute Gasteiger partial charge is 0.324 e. The van der Waals surface area contributed by atoms with E-state index in [2.05, 4.69) is 6.92 Å². The van der Waals surface area contributed by atoms with Crippen LogP contribution in [-0.2, 0) is 9.84 Å². The minimum Gasteiger partial charge on any atom is -0.324 e. The first-order valence-electron chi connectivity index (χ1n) is 6.71. The second-order valence-corrected chi connectivity index (χ2v) is 8.88. The van der Waals surface area contributed by atoms with Crippen LogP contribution in [-0.4, -0.2) is 67.0 Å². The van der Waals surface area contributed by atoms with Gasteiger partial charge in [-0.05, 0) is 18.8 Å². The zero-order valence-corrected chi connectivity index (χ0v) is 13.2. The van der Waals surface area contributed by atoms with E-state index in [-0.39, 0.29) is 6.03 Å². The zero-order chi connectivity index (χ0) is 14.0. The Kier molecular flexibility index (Phi) is 4.66. The molecule has 2 fully saturated rings. The Bertz CT molecular complexity index is 438. The van der Waals surface area contributed by atoms with Crippen LogP contribution in [0.15, 0.2) is 0 Å². The standard InChI is InChI=1S/C12H22N2O3S2/c1-10-4-3-5-13(8-10)12(15)14-6-7-18-9-11(14)19(2,16)17/h10-11H,3-9H2,1-2H3. The molecule has 2 amide bonds. The number of sulfone groups is 1. The maximum atomic E-state index is 12.5. The summed E-state index contributed by atoms with van der Waals surface area (Å²) in [5.74, 6) is 1.82. The topological polar surface area (TPSA) is 57.7 Å². The monoisotopic (exact) mass is 306 g/mol. The average Bonchev–Trinajstić information content (AvgIpc) is 2.37. The summed E-state index contributed by atoms with van der Waals surface area (Å²) in [6, 6.07) is -0.0951. The smallest absolute Gasteiger partial charge is 0.321 e. The number of nitrogens with zero attached hydrogens (tertiary/aromatic N) is 2. The molecule has 2 aliphatic rings. The van der Waals surface area contributed by atoms with Crippen molar-refractivity contribution < 1.29 is 13.2 Å². The molecule has 2 rings (SSSR count). The lowest BCUT2D eigenvalue weighted by atomic mass is 10.0. The van der Waals surface area contributed by atoms with E-state index in [1.165, 1.54) is 6.26 Å². The third-order valence-electron chi connectivity index (χ3n) is 3.75. The van der Waals surface area contributed by atoms with Crippen LogP contribution < -0.4 is 0 Å². The molecule has 0 radical (unpaired) electrons. The number of thioether (sulfide) groups is 1. The molecule has 2 unspecified atom stereocenters. The van der Waals surface area contributed by atoms with Crippen LogP contribution >= 0.6 is 11.8 Å². The summed E-state index contributed by atoms with van der Waals surface area (Å²) in [7, 11) is -3.21. The van der Waals surface area contributed by atoms with Gasteiger partial charge < -0.3 is 9.80 Å². The molecule has 2 heterocycles. The lowest BCUT2D eigenvalue weighted by Crippen LogP contribution is -2.56. The van der Waals surface area contributed by atoms with Crippen LogP contribution in [0, 0.1) is 5.92 Å². The molecule has 2 saturated heterocycles. The van der Waals surface area contributed by atoms with E-state index in [1.54, 1.807) is 16.7 Å². The predicted molar refractivity (Wildman–Crippen MR) is 78.0 cm³/mol. The maximum Gasteiger partial charge on any atom is 0.321 e. The van der Waals surface area contributed by atoms with Crippen molar-refractivity contribution in [3.8, 4) is 0 Å². The molecule has 19 heavy (non-hydrogen) atoms. The van der Waals surface area contributed by atoms with Crippen molar-refractivity contribution in [2.45, 2.75) is 25.1 Å². The summed E-state index contributed by atoms with van der Waals surface area (Å²) >= 11 is 1.61. The first kappa shape index (κ1) is 15.0. The number of carbonyl (C=O) groups excluding carboxylic acids is 1. The number of piperidine rings is 1. The van der Waals surface area contributed by atoms with Gasteiger partial charge in [0, 0.05) is 37.4 Å². The number of hydrogen-bond acceptors (Lipinski definition) is 4. The fraction of sp³-hybridized carbons (Fsp3) is 0.917. The van der Waals surface area contributed by atoms with Crippen molar-refractivity contribution >= 4 is 27.6 Å². The highest BCUT2D eigenvalue weighted by molar-refractivity contribution is 8.00. The van der Waals surface area contributed by atoms with Gasteiger partial charge in [0.25, 0.3) is 0 Å². The summed E-state index contributed by atoms with van der Waals surface area (Å²) in [4.78, 5) is 15.9. The molecular formula is C12H22N2O3S2. The van der Waals surface area contributed by atoms with Gasteiger partial charge in [-0.1, -0.05) is 6.92 Å². The Balaban J connectivity index is 2.11. The third-order valence-corrected chi connectivity index (χ3v) is 6.40. The highest BCUT2D eigenvalue weighted by Gasteiger charge is 2.37. The molecule has 0 spiro atoms. The molecule has 0 aliphatic carbocycles. The highest BCUT2D eigenvalue weighted by Crippen LogP contribution is 2.24. The van der Waals surface area contributed by atoms with E-state index in [4.69, 9.17) is 0 Å². The molecule has 5 nitrogen and oxygen atoms in total. The van der Waals surface area contributed by atoms with Gasteiger partial charge in [-0.15, -0.1) is 0 Å². The van der Waals surface area contributed by atoms with E-state index in [1.807, 2.05) is 4.90 Å². The molecule has 0 aromatic carbocycles. The Hall–Kier alpha value is -0.430. The SMILES string of the molecule is CC1CCCN(C(=O)N2CCSCC2S(C)(=O)=O)C1. The van der Waals surface area contributed by atoms with Crippen LogP contribution in [0.2, 0.25) is 0 Å². The second kappa shape index (κ2) is 5.91. The number of urea groups is 1. The number of carbonyl (C=O) groups is 1. The van der Waals surface area contributed by atoms with E-state index in [0.29, 0.717) is 18.2 Å². The Morgan fingerprint density at radius 2 is 2.05 bits per heavy atom. The van der Waals surface area contributed by atoms with Crippen molar-refractivity contribution in [2.75, 3.05) is 37.4 Å². The van der Waals surface area contributed by atoms with E-state index in [9.17, 15) is 13.2 Å². The highest BCUT2D eigenvalue weighted by atomic mass is 32.2. The maximum absolute atomic E-state index is 12.5. The Morgan fingerprint density at radius 3 is 2.68 bits per heavy atom. The zero-order valence-electron chi connectivity index (χ0n) is 11.5. The quantitative estimate of drug-likeness (QED) is 0.732. The molecule has 2 atom stereocenters. The number of hydrogen-bond donors (Lipinski definition) is 0. The molecule has 2 aliphatic heterocycles. The summed E-state index contributed by atoms with van der Waals surface area (Å²) < 4.78 is 23.6. The molecule has 0 aromatic rings. The van der Waals surface area contributed by atoms with Crippen LogP contribution in [0.25, 0.3) is 0 Å². The molecule has 0 saturated carbocycles. The Morgan fingerprint density at radius 1 is 1.32 bits per heavy atom. The predicted octanol–water partition coefficient (Wildman–Crippen LogP) is 1.26. The van der Waals surface area contributed by atoms with Crippen LogP contribution in [0.5, 0.6) is 0 Å². The molecule has 0 N–H and O–H groups in total. The van der Waals surface area contributed by atoms with Crippen molar-refractivity contribution in [3.05, 3.63) is 0 Å². The first-order valence-corrected chi connectivity index (χ1v) is 9.82. The molecule has 0 aromatic heterocycles. The molecular weight excluding hydrogens is 284 g/mol. The first-order chi connectivity index (χ1) is 8.89. The normalized spacial score (nSPS) is 29.4.